The third-order valence-corrected chi connectivity index (χ3v) is 2.26. The van der Waals surface area contributed by atoms with Crippen molar-refractivity contribution in [3.05, 3.63) is 28.8 Å². The van der Waals surface area contributed by atoms with Crippen molar-refractivity contribution in [2.75, 3.05) is 13.0 Å². The van der Waals surface area contributed by atoms with Gasteiger partial charge >= 0.3 is 0 Å². The number of alkyl halides is 1. The lowest BCUT2D eigenvalue weighted by Gasteiger charge is -2.09. The highest BCUT2D eigenvalue weighted by Gasteiger charge is 2.15. The summed E-state index contributed by atoms with van der Waals surface area (Å²) in [5, 5.41) is 0. The zero-order valence-corrected chi connectivity index (χ0v) is 9.30. The number of aldehydes is 1. The van der Waals surface area contributed by atoms with Crippen LogP contribution in [0.25, 0.3) is 0 Å². The van der Waals surface area contributed by atoms with Crippen LogP contribution in [0.2, 0.25) is 0 Å². The molecule has 0 spiro atoms. The molecule has 0 amide bonds. The molecule has 0 aliphatic heterocycles. The second kappa shape index (κ2) is 4.94. The van der Waals surface area contributed by atoms with E-state index in [9.17, 15) is 9.59 Å². The summed E-state index contributed by atoms with van der Waals surface area (Å²) in [6, 6.07) is 3.33. The van der Waals surface area contributed by atoms with Gasteiger partial charge in [-0.1, -0.05) is 0 Å². The number of carbonyl (C=O) groups is 2. The van der Waals surface area contributed by atoms with E-state index in [1.807, 2.05) is 0 Å². The first-order chi connectivity index (χ1) is 7.13. The molecule has 15 heavy (non-hydrogen) atoms. The maximum absolute atomic E-state index is 11.5. The lowest BCUT2D eigenvalue weighted by molar-refractivity contribution is 0.101. The minimum absolute atomic E-state index is 0.127. The molecule has 0 saturated heterocycles. The molecule has 3 nitrogen and oxygen atoms in total. The van der Waals surface area contributed by atoms with Gasteiger partial charge in [0, 0.05) is 0 Å². The normalized spacial score (nSPS) is 9.80. The molecular formula is C11H11ClO3. The lowest BCUT2D eigenvalue weighted by Crippen LogP contribution is -2.06. The van der Waals surface area contributed by atoms with Gasteiger partial charge in [0.25, 0.3) is 0 Å². The number of hydrogen-bond acceptors (Lipinski definition) is 3. The minimum atomic E-state index is -0.250. The number of ketones is 1. The number of carbonyl (C=O) groups excluding carboxylic acids is 2. The van der Waals surface area contributed by atoms with Crippen LogP contribution >= 0.6 is 11.6 Å². The van der Waals surface area contributed by atoms with Crippen molar-refractivity contribution in [1.29, 1.82) is 0 Å². The molecule has 0 aromatic heterocycles. The summed E-state index contributed by atoms with van der Waals surface area (Å²) < 4.78 is 5.03. The Morgan fingerprint density at radius 2 is 2.20 bits per heavy atom. The van der Waals surface area contributed by atoms with Crippen molar-refractivity contribution in [1.82, 2.24) is 0 Å². The number of methoxy groups -OCH3 is 1. The average Bonchev–Trinajstić information content (AvgIpc) is 2.26. The van der Waals surface area contributed by atoms with E-state index in [0.717, 1.165) is 5.56 Å². The molecule has 0 aliphatic rings. The van der Waals surface area contributed by atoms with E-state index in [2.05, 4.69) is 0 Å². The maximum Gasteiger partial charge on any atom is 0.181 e. The van der Waals surface area contributed by atoms with Gasteiger partial charge in [-0.05, 0) is 24.6 Å². The first-order valence-electron chi connectivity index (χ1n) is 4.37. The Kier molecular flexibility index (Phi) is 3.86. The second-order valence-electron chi connectivity index (χ2n) is 3.11. The average molecular weight is 227 g/mol. The molecule has 4 heteroatoms. The van der Waals surface area contributed by atoms with Gasteiger partial charge in [-0.25, -0.2) is 0 Å². The fraction of sp³-hybridized carbons (Fsp3) is 0.273. The number of halogens is 1. The van der Waals surface area contributed by atoms with E-state index in [1.54, 1.807) is 19.1 Å². The molecule has 0 atom stereocenters. The Hall–Kier alpha value is -1.35. The second-order valence-corrected chi connectivity index (χ2v) is 3.38. The molecule has 0 unspecified atom stereocenters. The molecular weight excluding hydrogens is 216 g/mol. The summed E-state index contributed by atoms with van der Waals surface area (Å²) >= 11 is 5.47. The van der Waals surface area contributed by atoms with E-state index in [4.69, 9.17) is 16.3 Å². The first-order valence-corrected chi connectivity index (χ1v) is 4.90. The van der Waals surface area contributed by atoms with Crippen LogP contribution in [0.3, 0.4) is 0 Å². The SMILES string of the molecule is COc1c(C=O)cc(C)cc1C(=O)CCl. The Balaban J connectivity index is 3.41. The number of rotatable bonds is 4. The smallest absolute Gasteiger partial charge is 0.181 e. The molecule has 1 aromatic carbocycles. The molecule has 0 saturated carbocycles. The number of Topliss-reactive ketones (excluding diaryl/α,β-unsaturated/α-hetero) is 1. The molecule has 0 N–H and O–H groups in total. The molecule has 0 aliphatic carbocycles. The molecule has 80 valence electrons. The Bertz CT molecular complexity index is 399. The minimum Gasteiger partial charge on any atom is -0.495 e. The van der Waals surface area contributed by atoms with E-state index in [0.29, 0.717) is 23.2 Å². The van der Waals surface area contributed by atoms with Crippen molar-refractivity contribution in [3.8, 4) is 5.75 Å². The van der Waals surface area contributed by atoms with E-state index < -0.39 is 0 Å². The first kappa shape index (κ1) is 11.7. The summed E-state index contributed by atoms with van der Waals surface area (Å²) in [7, 11) is 1.42. The van der Waals surface area contributed by atoms with Gasteiger partial charge < -0.3 is 4.74 Å². The van der Waals surface area contributed by atoms with E-state index in [-0.39, 0.29) is 11.7 Å². The molecule has 1 aromatic rings. The topological polar surface area (TPSA) is 43.4 Å². The van der Waals surface area contributed by atoms with Gasteiger partial charge in [-0.3, -0.25) is 9.59 Å². The molecule has 1 rings (SSSR count). The molecule has 0 radical (unpaired) electrons. The predicted molar refractivity (Wildman–Crippen MR) is 58.2 cm³/mol. The molecule has 0 bridgehead atoms. The van der Waals surface area contributed by atoms with Crippen LogP contribution in [-0.4, -0.2) is 25.1 Å². The predicted octanol–water partition coefficient (Wildman–Crippen LogP) is 2.24. The van der Waals surface area contributed by atoms with Crippen molar-refractivity contribution in [2.45, 2.75) is 6.92 Å². The summed E-state index contributed by atoms with van der Waals surface area (Å²) in [6.07, 6.45) is 0.664. The Morgan fingerprint density at radius 1 is 1.53 bits per heavy atom. The van der Waals surface area contributed by atoms with E-state index >= 15 is 0 Å². The number of benzene rings is 1. The zero-order chi connectivity index (χ0) is 11.4. The molecule has 0 heterocycles. The van der Waals surface area contributed by atoms with E-state index in [1.165, 1.54) is 7.11 Å². The van der Waals surface area contributed by atoms with Crippen LogP contribution < -0.4 is 4.74 Å². The third-order valence-electron chi connectivity index (χ3n) is 2.01. The van der Waals surface area contributed by atoms with Crippen molar-refractivity contribution < 1.29 is 14.3 Å². The summed E-state index contributed by atoms with van der Waals surface area (Å²) in [5.74, 6) is -0.0838. The van der Waals surface area contributed by atoms with Gasteiger partial charge in [-0.2, -0.15) is 0 Å². The molecule has 0 fully saturated rings. The van der Waals surface area contributed by atoms with Crippen molar-refractivity contribution in [2.24, 2.45) is 0 Å². The summed E-state index contributed by atoms with van der Waals surface area (Å²) in [6.45, 7) is 1.80. The number of ether oxygens (including phenoxy) is 1. The van der Waals surface area contributed by atoms with Gasteiger partial charge in [0.15, 0.2) is 12.1 Å². The Labute approximate surface area is 93.0 Å². The van der Waals surface area contributed by atoms with Crippen molar-refractivity contribution in [3.63, 3.8) is 0 Å². The lowest BCUT2D eigenvalue weighted by atomic mass is 10.0. The maximum atomic E-state index is 11.5. The monoisotopic (exact) mass is 226 g/mol. The highest BCUT2D eigenvalue weighted by Crippen LogP contribution is 2.25. The fourth-order valence-corrected chi connectivity index (χ4v) is 1.54. The van der Waals surface area contributed by atoms with Crippen LogP contribution in [0.15, 0.2) is 12.1 Å². The van der Waals surface area contributed by atoms with Crippen LogP contribution in [-0.2, 0) is 0 Å². The van der Waals surface area contributed by atoms with Gasteiger partial charge in [-0.15, -0.1) is 11.6 Å². The van der Waals surface area contributed by atoms with Crippen LogP contribution in [0.4, 0.5) is 0 Å². The number of aryl methyl sites for hydroxylation is 1. The van der Waals surface area contributed by atoms with Crippen LogP contribution in [0.1, 0.15) is 26.3 Å². The standard InChI is InChI=1S/C11H11ClO3/c1-7-3-8(6-13)11(15-2)9(4-7)10(14)5-12/h3-4,6H,5H2,1-2H3. The van der Waals surface area contributed by atoms with Gasteiger partial charge in [0.1, 0.15) is 5.75 Å². The zero-order valence-electron chi connectivity index (χ0n) is 8.54. The summed E-state index contributed by atoms with van der Waals surface area (Å²) in [4.78, 5) is 22.3. The largest absolute Gasteiger partial charge is 0.495 e. The van der Waals surface area contributed by atoms with Crippen molar-refractivity contribution >= 4 is 23.7 Å². The van der Waals surface area contributed by atoms with Gasteiger partial charge in [0.2, 0.25) is 0 Å². The number of hydrogen-bond donors (Lipinski definition) is 0. The fourth-order valence-electron chi connectivity index (χ4n) is 1.40. The van der Waals surface area contributed by atoms with Crippen LogP contribution in [0, 0.1) is 6.92 Å². The van der Waals surface area contributed by atoms with Crippen LogP contribution in [0.5, 0.6) is 5.75 Å². The summed E-state index contributed by atoms with van der Waals surface area (Å²) in [5.41, 5.74) is 1.55. The van der Waals surface area contributed by atoms with Gasteiger partial charge in [0.05, 0.1) is 24.1 Å². The third kappa shape index (κ3) is 2.36. The highest BCUT2D eigenvalue weighted by atomic mass is 35.5. The Morgan fingerprint density at radius 3 is 2.67 bits per heavy atom. The quantitative estimate of drug-likeness (QED) is 0.449. The highest BCUT2D eigenvalue weighted by molar-refractivity contribution is 6.31.